The van der Waals surface area contributed by atoms with Gasteiger partial charge in [-0.1, -0.05) is 55.0 Å². The van der Waals surface area contributed by atoms with Crippen molar-refractivity contribution in [1.29, 1.82) is 0 Å². The molecule has 1 fully saturated rings. The van der Waals surface area contributed by atoms with Gasteiger partial charge in [0.25, 0.3) is 0 Å². The summed E-state index contributed by atoms with van der Waals surface area (Å²) < 4.78 is 0. The maximum Gasteiger partial charge on any atom is 0.146 e. The molecule has 0 radical (unpaired) electrons. The zero-order valence-corrected chi connectivity index (χ0v) is 14.7. The van der Waals surface area contributed by atoms with Gasteiger partial charge in [0.1, 0.15) is 11.3 Å². The first-order chi connectivity index (χ1) is 12.2. The van der Waals surface area contributed by atoms with Gasteiger partial charge >= 0.3 is 0 Å². The number of phenolic OH excluding ortho intramolecular Hbond substituents is 1. The van der Waals surface area contributed by atoms with Crippen LogP contribution in [0, 0.1) is 6.92 Å². The largest absolute Gasteiger partial charge is 0.505 e. The third-order valence-electron chi connectivity index (χ3n) is 5.17. The molecule has 3 aromatic rings. The van der Waals surface area contributed by atoms with Crippen LogP contribution in [0.3, 0.4) is 0 Å². The molecule has 1 atom stereocenters. The first-order valence-electron chi connectivity index (χ1n) is 9.12. The first kappa shape index (κ1) is 16.1. The third kappa shape index (κ3) is 3.12. The Balaban J connectivity index is 1.86. The molecule has 2 heterocycles. The van der Waals surface area contributed by atoms with Gasteiger partial charge in [-0.15, -0.1) is 0 Å². The second-order valence-electron chi connectivity index (χ2n) is 6.94. The number of pyridine rings is 1. The highest BCUT2D eigenvalue weighted by atomic mass is 16.3. The van der Waals surface area contributed by atoms with Crippen molar-refractivity contribution in [2.45, 2.75) is 32.2 Å². The lowest BCUT2D eigenvalue weighted by Crippen LogP contribution is -2.34. The molecule has 4 rings (SSSR count). The number of aromatic nitrogens is 1. The molecule has 1 saturated heterocycles. The number of aromatic hydroxyl groups is 1. The Hall–Kier alpha value is -2.39. The Bertz CT molecular complexity index is 870. The highest BCUT2D eigenvalue weighted by Gasteiger charge is 2.27. The van der Waals surface area contributed by atoms with Crippen molar-refractivity contribution in [2.75, 3.05) is 13.1 Å². The van der Waals surface area contributed by atoms with Crippen LogP contribution in [0.2, 0.25) is 0 Å². The summed E-state index contributed by atoms with van der Waals surface area (Å²) in [6.45, 7) is 4.10. The van der Waals surface area contributed by atoms with E-state index in [1.807, 2.05) is 25.1 Å². The van der Waals surface area contributed by atoms with Gasteiger partial charge in [0.2, 0.25) is 0 Å². The standard InChI is InChI=1S/C22H24N2O/c1-16-10-11-17-12-13-19(22(25)20(17)23-16)21(18-8-4-2-5-9-18)24-14-6-3-7-15-24/h2,4-5,8-13,21,25H,3,6-7,14-15H2,1H3. The van der Waals surface area contributed by atoms with Gasteiger partial charge in [-0.3, -0.25) is 4.90 Å². The van der Waals surface area contributed by atoms with Crippen molar-refractivity contribution in [3.63, 3.8) is 0 Å². The third-order valence-corrected chi connectivity index (χ3v) is 5.17. The molecule has 2 aromatic carbocycles. The smallest absolute Gasteiger partial charge is 0.146 e. The number of rotatable bonds is 3. The number of fused-ring (bicyclic) bond motifs is 1. The molecule has 3 nitrogen and oxygen atoms in total. The van der Waals surface area contributed by atoms with Crippen molar-refractivity contribution in [1.82, 2.24) is 9.88 Å². The number of nitrogens with zero attached hydrogens (tertiary/aromatic N) is 2. The molecule has 1 N–H and O–H groups in total. The second-order valence-corrected chi connectivity index (χ2v) is 6.94. The second kappa shape index (κ2) is 6.85. The lowest BCUT2D eigenvalue weighted by molar-refractivity contribution is 0.185. The number of benzene rings is 2. The van der Waals surface area contributed by atoms with Crippen LogP contribution in [0.4, 0.5) is 0 Å². The van der Waals surface area contributed by atoms with Crippen LogP contribution in [0.15, 0.2) is 54.6 Å². The van der Waals surface area contributed by atoms with Crippen LogP contribution in [0.25, 0.3) is 10.9 Å². The lowest BCUT2D eigenvalue weighted by Gasteiger charge is -2.35. The minimum atomic E-state index is 0.0770. The Morgan fingerprint density at radius 2 is 1.64 bits per heavy atom. The first-order valence-corrected chi connectivity index (χ1v) is 9.12. The predicted molar refractivity (Wildman–Crippen MR) is 102 cm³/mol. The minimum absolute atomic E-state index is 0.0770. The van der Waals surface area contributed by atoms with Crippen molar-refractivity contribution >= 4 is 10.9 Å². The van der Waals surface area contributed by atoms with E-state index in [1.165, 1.54) is 24.8 Å². The van der Waals surface area contributed by atoms with E-state index in [4.69, 9.17) is 0 Å². The minimum Gasteiger partial charge on any atom is -0.505 e. The van der Waals surface area contributed by atoms with Crippen LogP contribution in [0.1, 0.15) is 42.1 Å². The molecular weight excluding hydrogens is 308 g/mol. The van der Waals surface area contributed by atoms with Crippen LogP contribution in [-0.2, 0) is 0 Å². The van der Waals surface area contributed by atoms with E-state index in [-0.39, 0.29) is 6.04 Å². The van der Waals surface area contributed by atoms with Gasteiger partial charge in [-0.25, -0.2) is 4.98 Å². The summed E-state index contributed by atoms with van der Waals surface area (Å²) >= 11 is 0. The SMILES string of the molecule is Cc1ccc2ccc(C(c3ccccc3)N3CCCCC3)c(O)c2n1. The quantitative estimate of drug-likeness (QED) is 0.747. The monoisotopic (exact) mass is 332 g/mol. The summed E-state index contributed by atoms with van der Waals surface area (Å²) in [5, 5.41) is 12.0. The predicted octanol–water partition coefficient (Wildman–Crippen LogP) is 4.82. The summed E-state index contributed by atoms with van der Waals surface area (Å²) in [6, 6.07) is 18.8. The molecule has 128 valence electrons. The molecular formula is C22H24N2O. The van der Waals surface area contributed by atoms with Gasteiger partial charge in [-0.05, 0) is 44.5 Å². The average Bonchev–Trinajstić information content (AvgIpc) is 2.66. The zero-order chi connectivity index (χ0) is 17.2. The fraction of sp³-hybridized carbons (Fsp3) is 0.318. The van der Waals surface area contributed by atoms with Crippen LogP contribution in [0.5, 0.6) is 5.75 Å². The van der Waals surface area contributed by atoms with E-state index in [0.717, 1.165) is 29.7 Å². The average molecular weight is 332 g/mol. The van der Waals surface area contributed by atoms with E-state index < -0.39 is 0 Å². The Labute approximate surface area is 148 Å². The topological polar surface area (TPSA) is 36.4 Å². The van der Waals surface area contributed by atoms with Crippen LogP contribution < -0.4 is 0 Å². The highest BCUT2D eigenvalue weighted by Crippen LogP contribution is 2.38. The van der Waals surface area contributed by atoms with Gasteiger partial charge in [0.05, 0.1) is 6.04 Å². The Morgan fingerprint density at radius 3 is 2.40 bits per heavy atom. The molecule has 1 unspecified atom stereocenters. The lowest BCUT2D eigenvalue weighted by atomic mass is 9.93. The van der Waals surface area contributed by atoms with Crippen molar-refractivity contribution in [3.05, 3.63) is 71.4 Å². The molecule has 3 heteroatoms. The number of aryl methyl sites for hydroxylation is 1. The van der Waals surface area contributed by atoms with Crippen molar-refractivity contribution in [3.8, 4) is 5.75 Å². The van der Waals surface area contributed by atoms with Crippen molar-refractivity contribution < 1.29 is 5.11 Å². The van der Waals surface area contributed by atoms with Crippen LogP contribution >= 0.6 is 0 Å². The maximum absolute atomic E-state index is 11.0. The summed E-state index contributed by atoms with van der Waals surface area (Å²) in [7, 11) is 0. The molecule has 0 amide bonds. The van der Waals surface area contributed by atoms with E-state index >= 15 is 0 Å². The van der Waals surface area contributed by atoms with E-state index in [0.29, 0.717) is 11.3 Å². The molecule has 0 saturated carbocycles. The Kier molecular flexibility index (Phi) is 4.41. The molecule has 25 heavy (non-hydrogen) atoms. The number of piperidine rings is 1. The van der Waals surface area contributed by atoms with Crippen molar-refractivity contribution in [2.24, 2.45) is 0 Å². The molecule has 1 aromatic heterocycles. The maximum atomic E-state index is 11.0. The normalized spacial score (nSPS) is 16.8. The van der Waals surface area contributed by atoms with E-state index in [9.17, 15) is 5.11 Å². The van der Waals surface area contributed by atoms with Crippen LogP contribution in [-0.4, -0.2) is 28.1 Å². The zero-order valence-electron chi connectivity index (χ0n) is 14.7. The molecule has 1 aliphatic rings. The number of hydrogen-bond acceptors (Lipinski definition) is 3. The van der Waals surface area contributed by atoms with E-state index in [1.54, 1.807) is 0 Å². The summed E-state index contributed by atoms with van der Waals surface area (Å²) in [5.41, 5.74) is 3.81. The number of phenols is 1. The molecule has 0 bridgehead atoms. The summed E-state index contributed by atoms with van der Waals surface area (Å²) in [5.74, 6) is 0.320. The summed E-state index contributed by atoms with van der Waals surface area (Å²) in [4.78, 5) is 7.08. The highest BCUT2D eigenvalue weighted by molar-refractivity contribution is 5.86. The fourth-order valence-corrected chi connectivity index (χ4v) is 3.91. The van der Waals surface area contributed by atoms with Gasteiger partial charge in [0.15, 0.2) is 0 Å². The molecule has 0 spiro atoms. The summed E-state index contributed by atoms with van der Waals surface area (Å²) in [6.07, 6.45) is 3.73. The van der Waals surface area contributed by atoms with Gasteiger partial charge < -0.3 is 5.11 Å². The molecule has 0 aliphatic carbocycles. The molecule has 1 aliphatic heterocycles. The number of likely N-dealkylation sites (tertiary alicyclic amines) is 1. The number of hydrogen-bond donors (Lipinski definition) is 1. The van der Waals surface area contributed by atoms with Gasteiger partial charge in [0, 0.05) is 16.6 Å². The van der Waals surface area contributed by atoms with Gasteiger partial charge in [-0.2, -0.15) is 0 Å². The fourth-order valence-electron chi connectivity index (χ4n) is 3.91. The van der Waals surface area contributed by atoms with E-state index in [2.05, 4.69) is 46.3 Å². The Morgan fingerprint density at radius 1 is 0.920 bits per heavy atom.